The Bertz CT molecular complexity index is 1670. The molecule has 2 fully saturated rings. The van der Waals surface area contributed by atoms with Crippen molar-refractivity contribution < 1.29 is 33.1 Å². The summed E-state index contributed by atoms with van der Waals surface area (Å²) in [5, 5.41) is 19.1. The molecule has 2 unspecified atom stereocenters. The lowest BCUT2D eigenvalue weighted by atomic mass is 9.80. The van der Waals surface area contributed by atoms with E-state index in [4.69, 9.17) is 23.2 Å². The van der Waals surface area contributed by atoms with Gasteiger partial charge in [-0.25, -0.2) is 23.3 Å². The Morgan fingerprint density at radius 2 is 1.59 bits per heavy atom. The molecule has 0 radical (unpaired) electrons. The summed E-state index contributed by atoms with van der Waals surface area (Å²) in [6.07, 6.45) is 0. The van der Waals surface area contributed by atoms with Crippen molar-refractivity contribution in [1.29, 1.82) is 5.26 Å². The maximum absolute atomic E-state index is 14.2. The first-order valence-corrected chi connectivity index (χ1v) is 12.7. The Hall–Kier alpha value is -4.53. The van der Waals surface area contributed by atoms with Crippen LogP contribution >= 0.6 is 23.2 Å². The van der Waals surface area contributed by atoms with Gasteiger partial charge in [-0.1, -0.05) is 35.3 Å². The van der Waals surface area contributed by atoms with Crippen LogP contribution < -0.4 is 4.90 Å². The second-order valence-corrected chi connectivity index (χ2v) is 10.5. The highest BCUT2D eigenvalue weighted by Crippen LogP contribution is 2.47. The number of urea groups is 1. The van der Waals surface area contributed by atoms with Gasteiger partial charge in [0.1, 0.15) is 5.54 Å². The van der Waals surface area contributed by atoms with E-state index in [0.717, 1.165) is 9.80 Å². The maximum atomic E-state index is 14.2. The van der Waals surface area contributed by atoms with Gasteiger partial charge in [0, 0.05) is 29.6 Å². The number of carbonyl (C=O) groups is 4. The number of nitrogens with zero attached hydrogens (tertiary/aromatic N) is 4. The summed E-state index contributed by atoms with van der Waals surface area (Å²) in [4.78, 5) is 56.5. The van der Waals surface area contributed by atoms with E-state index in [1.807, 2.05) is 6.07 Å². The van der Waals surface area contributed by atoms with Crippen LogP contribution in [0.3, 0.4) is 0 Å². The minimum absolute atomic E-state index is 0.0957. The summed E-state index contributed by atoms with van der Waals surface area (Å²) in [5.41, 5.74) is -2.15. The number of imide groups is 1. The summed E-state index contributed by atoms with van der Waals surface area (Å²) in [6, 6.07) is 12.6. The van der Waals surface area contributed by atoms with E-state index in [9.17, 15) is 38.3 Å². The second kappa shape index (κ2) is 10.1. The molecule has 3 aromatic carbocycles. The number of nitriles is 1. The number of hydrogen-bond donors (Lipinski definition) is 1. The number of rotatable bonds is 4. The fourth-order valence-corrected chi connectivity index (χ4v) is 5.95. The molecule has 5 rings (SSSR count). The quantitative estimate of drug-likeness (QED) is 0.425. The number of likely N-dealkylation sites (tertiary alicyclic amines) is 1. The van der Waals surface area contributed by atoms with Crippen LogP contribution in [-0.2, 0) is 4.79 Å². The molecule has 208 valence electrons. The topological polar surface area (TPSA) is 122 Å². The lowest BCUT2D eigenvalue weighted by molar-refractivity contribution is -0.124. The molecule has 2 aliphatic heterocycles. The smallest absolute Gasteiger partial charge is 0.336 e. The van der Waals surface area contributed by atoms with Gasteiger partial charge < -0.3 is 14.9 Å². The van der Waals surface area contributed by atoms with Crippen LogP contribution in [0.25, 0.3) is 0 Å². The van der Waals surface area contributed by atoms with Gasteiger partial charge in [0.25, 0.3) is 11.8 Å². The molecule has 4 amide bonds. The molecular weight excluding hydrogens is 581 g/mol. The molecule has 13 heteroatoms. The first-order valence-electron chi connectivity index (χ1n) is 12.0. The highest BCUT2D eigenvalue weighted by atomic mass is 35.5. The highest BCUT2D eigenvalue weighted by Gasteiger charge is 2.65. The Labute approximate surface area is 241 Å². The molecule has 1 spiro atoms. The third-order valence-electron chi connectivity index (χ3n) is 7.42. The molecule has 2 heterocycles. The molecule has 2 atom stereocenters. The number of amides is 4. The van der Waals surface area contributed by atoms with Gasteiger partial charge >= 0.3 is 12.0 Å². The number of hydrogen-bond acceptors (Lipinski definition) is 5. The van der Waals surface area contributed by atoms with Crippen molar-refractivity contribution in [3.8, 4) is 6.07 Å². The number of carbonyl (C=O) groups excluding carboxylic acids is 3. The number of carboxylic acid groups (broad SMARTS) is 1. The molecule has 3 aromatic rings. The lowest BCUT2D eigenvalue weighted by Crippen LogP contribution is -2.54. The van der Waals surface area contributed by atoms with Crippen molar-refractivity contribution in [2.75, 3.05) is 25.0 Å². The molecule has 0 saturated carbocycles. The predicted octanol–water partition coefficient (Wildman–Crippen LogP) is 4.92. The average Bonchev–Trinajstić information content (AvgIpc) is 3.42. The summed E-state index contributed by atoms with van der Waals surface area (Å²) >= 11 is 12.3. The van der Waals surface area contributed by atoms with E-state index in [2.05, 4.69) is 0 Å². The first-order chi connectivity index (χ1) is 19.4. The Morgan fingerprint density at radius 3 is 2.15 bits per heavy atom. The molecular formula is C28H18Cl2F2N4O5. The third-order valence-corrected chi connectivity index (χ3v) is 7.85. The fourth-order valence-electron chi connectivity index (χ4n) is 5.43. The zero-order chi connectivity index (χ0) is 29.8. The molecule has 1 N–H and O–H groups in total. The number of aromatic carboxylic acids is 1. The summed E-state index contributed by atoms with van der Waals surface area (Å²) < 4.78 is 28.0. The molecule has 2 aliphatic rings. The highest BCUT2D eigenvalue weighted by molar-refractivity contribution is 6.36. The van der Waals surface area contributed by atoms with Gasteiger partial charge in [0.15, 0.2) is 11.6 Å². The molecule has 0 aromatic heterocycles. The molecule has 9 nitrogen and oxygen atoms in total. The van der Waals surface area contributed by atoms with Crippen LogP contribution in [0.2, 0.25) is 10.0 Å². The van der Waals surface area contributed by atoms with E-state index < -0.39 is 64.6 Å². The van der Waals surface area contributed by atoms with Crippen LogP contribution in [0.5, 0.6) is 0 Å². The van der Waals surface area contributed by atoms with E-state index in [1.54, 1.807) is 12.1 Å². The molecule has 2 saturated heterocycles. The van der Waals surface area contributed by atoms with Crippen LogP contribution in [0.4, 0.5) is 19.3 Å². The largest absolute Gasteiger partial charge is 0.478 e. The Balaban J connectivity index is 1.64. The number of likely N-dealkylation sites (N-methyl/N-ethyl adjacent to an activating group) is 1. The minimum atomic E-state index is -1.70. The van der Waals surface area contributed by atoms with Crippen molar-refractivity contribution in [2.24, 2.45) is 0 Å². The van der Waals surface area contributed by atoms with Gasteiger partial charge in [-0.15, -0.1) is 0 Å². The van der Waals surface area contributed by atoms with Gasteiger partial charge in [0.05, 0.1) is 35.0 Å². The van der Waals surface area contributed by atoms with Crippen LogP contribution in [0.15, 0.2) is 54.6 Å². The second-order valence-electron chi connectivity index (χ2n) is 9.62. The summed E-state index contributed by atoms with van der Waals surface area (Å²) in [6.45, 7) is -0.600. The summed E-state index contributed by atoms with van der Waals surface area (Å²) in [7, 11) is 1.39. The van der Waals surface area contributed by atoms with E-state index in [-0.39, 0.29) is 22.3 Å². The molecule has 0 aliphatic carbocycles. The predicted molar refractivity (Wildman–Crippen MR) is 143 cm³/mol. The average molecular weight is 599 g/mol. The van der Waals surface area contributed by atoms with Gasteiger partial charge in [0.2, 0.25) is 0 Å². The van der Waals surface area contributed by atoms with Crippen LogP contribution in [0, 0.1) is 23.0 Å². The number of benzene rings is 3. The van der Waals surface area contributed by atoms with Crippen molar-refractivity contribution in [1.82, 2.24) is 9.80 Å². The van der Waals surface area contributed by atoms with Crippen LogP contribution in [-0.4, -0.2) is 64.4 Å². The molecule has 0 bridgehead atoms. The zero-order valence-electron chi connectivity index (χ0n) is 21.1. The van der Waals surface area contributed by atoms with Gasteiger partial charge in [-0.2, -0.15) is 5.26 Å². The van der Waals surface area contributed by atoms with Crippen molar-refractivity contribution >= 4 is 52.7 Å². The number of halogens is 4. The Kier molecular flexibility index (Phi) is 6.93. The number of anilines is 1. The van der Waals surface area contributed by atoms with Crippen LogP contribution in [0.1, 0.15) is 37.8 Å². The van der Waals surface area contributed by atoms with E-state index in [1.165, 1.54) is 42.3 Å². The fraction of sp³-hybridized carbons (Fsp3) is 0.179. The number of carboxylic acids is 1. The SMILES string of the molecule is CN1C(=O)N(c2cc(Cl)cc(Cl)c2)C(=O)C12CN(C(=O)c1cc(F)c(F)cc1C(=O)O)CC2c1ccc(C#N)cc1. The van der Waals surface area contributed by atoms with E-state index in [0.29, 0.717) is 23.3 Å². The standard InChI is InChI=1S/C28H18Cl2F2N4O5/c1-34-27(41)36(18-7-16(29)6-17(30)8-18)26(40)28(34)13-35(12-21(28)15-4-2-14(11-33)3-5-15)24(37)19-9-22(31)23(32)10-20(19)25(38)39/h2-10,21H,12-13H2,1H3,(H,38,39). The normalized spacial score (nSPS) is 20.2. The lowest BCUT2D eigenvalue weighted by Gasteiger charge is -2.33. The minimum Gasteiger partial charge on any atom is -0.478 e. The zero-order valence-corrected chi connectivity index (χ0v) is 22.6. The first kappa shape index (κ1) is 28.0. The van der Waals surface area contributed by atoms with Gasteiger partial charge in [-0.3, -0.25) is 9.59 Å². The third kappa shape index (κ3) is 4.45. The van der Waals surface area contributed by atoms with Crippen molar-refractivity contribution in [3.63, 3.8) is 0 Å². The monoisotopic (exact) mass is 598 g/mol. The van der Waals surface area contributed by atoms with Crippen molar-refractivity contribution in [2.45, 2.75) is 11.5 Å². The van der Waals surface area contributed by atoms with E-state index >= 15 is 0 Å². The van der Waals surface area contributed by atoms with Crippen molar-refractivity contribution in [3.05, 3.63) is 98.5 Å². The van der Waals surface area contributed by atoms with Gasteiger partial charge in [-0.05, 0) is 48.0 Å². The Morgan fingerprint density at radius 1 is 1.00 bits per heavy atom. The summed E-state index contributed by atoms with van der Waals surface area (Å²) in [5.74, 6) is -7.08. The maximum Gasteiger partial charge on any atom is 0.336 e. The molecule has 41 heavy (non-hydrogen) atoms.